The molecular formula is C7H17N3O3S. The van der Waals surface area contributed by atoms with E-state index >= 15 is 0 Å². The Morgan fingerprint density at radius 1 is 1.29 bits per heavy atom. The molecule has 0 saturated heterocycles. The predicted molar refractivity (Wildman–Crippen MR) is 54.4 cm³/mol. The van der Waals surface area contributed by atoms with E-state index in [2.05, 4.69) is 15.4 Å². The van der Waals surface area contributed by atoms with E-state index in [1.54, 1.807) is 0 Å². The number of rotatable bonds is 7. The second kappa shape index (κ2) is 6.74. The van der Waals surface area contributed by atoms with Crippen LogP contribution in [0.25, 0.3) is 0 Å². The minimum Gasteiger partial charge on any atom is -0.355 e. The second-order valence-electron chi connectivity index (χ2n) is 2.80. The van der Waals surface area contributed by atoms with Gasteiger partial charge in [-0.1, -0.05) is 0 Å². The normalized spacial score (nSPS) is 11.3. The molecule has 0 atom stereocenters. The third kappa shape index (κ3) is 9.43. The van der Waals surface area contributed by atoms with Crippen molar-refractivity contribution in [1.82, 2.24) is 15.4 Å². The van der Waals surface area contributed by atoms with Gasteiger partial charge < -0.3 is 10.6 Å². The summed E-state index contributed by atoms with van der Waals surface area (Å²) in [4.78, 5) is 10.9. The van der Waals surface area contributed by atoms with Gasteiger partial charge in [0.05, 0.1) is 12.8 Å². The molecule has 1 amide bonds. The van der Waals surface area contributed by atoms with Crippen LogP contribution < -0.4 is 15.4 Å². The van der Waals surface area contributed by atoms with Crippen LogP contribution in [0, 0.1) is 0 Å². The number of carbonyl (C=O) groups is 1. The number of sulfonamides is 1. The molecule has 84 valence electrons. The molecule has 0 rings (SSSR count). The van der Waals surface area contributed by atoms with Gasteiger partial charge in [0.2, 0.25) is 15.9 Å². The Morgan fingerprint density at radius 2 is 1.93 bits per heavy atom. The van der Waals surface area contributed by atoms with Gasteiger partial charge in [0.25, 0.3) is 0 Å². The Hall–Kier alpha value is -0.660. The molecule has 0 aromatic rings. The topological polar surface area (TPSA) is 87.3 Å². The van der Waals surface area contributed by atoms with Crippen molar-refractivity contribution >= 4 is 15.9 Å². The number of amides is 1. The fourth-order valence-corrected chi connectivity index (χ4v) is 1.26. The van der Waals surface area contributed by atoms with Crippen LogP contribution in [0.1, 0.15) is 6.92 Å². The van der Waals surface area contributed by atoms with E-state index in [1.165, 1.54) is 0 Å². The first-order chi connectivity index (χ1) is 6.45. The van der Waals surface area contributed by atoms with Crippen LogP contribution in [-0.2, 0) is 14.8 Å². The van der Waals surface area contributed by atoms with Crippen LogP contribution in [0.2, 0.25) is 0 Å². The summed E-state index contributed by atoms with van der Waals surface area (Å²) in [6.45, 7) is 3.37. The summed E-state index contributed by atoms with van der Waals surface area (Å²) in [5.41, 5.74) is 0. The lowest BCUT2D eigenvalue weighted by molar-refractivity contribution is -0.120. The Balaban J connectivity index is 3.34. The second-order valence-corrected chi connectivity index (χ2v) is 4.63. The monoisotopic (exact) mass is 223 g/mol. The summed E-state index contributed by atoms with van der Waals surface area (Å²) >= 11 is 0. The standard InChI is InChI=1S/C7H17N3O3S/c1-3-9-7(11)6-8-4-5-10-14(2,12)13/h8,10H,3-6H2,1-2H3,(H,9,11). The van der Waals surface area contributed by atoms with Crippen molar-refractivity contribution in [3.05, 3.63) is 0 Å². The molecule has 7 heteroatoms. The van der Waals surface area contributed by atoms with Crippen LogP contribution in [-0.4, -0.2) is 46.8 Å². The molecule has 0 fully saturated rings. The Morgan fingerprint density at radius 3 is 2.43 bits per heavy atom. The maximum Gasteiger partial charge on any atom is 0.233 e. The van der Waals surface area contributed by atoms with Crippen molar-refractivity contribution in [2.75, 3.05) is 32.4 Å². The molecule has 0 bridgehead atoms. The molecule has 3 N–H and O–H groups in total. The molecule has 6 nitrogen and oxygen atoms in total. The Bertz CT molecular complexity index is 263. The van der Waals surface area contributed by atoms with Crippen LogP contribution in [0.4, 0.5) is 0 Å². The van der Waals surface area contributed by atoms with Gasteiger partial charge in [-0.3, -0.25) is 4.79 Å². The highest BCUT2D eigenvalue weighted by molar-refractivity contribution is 7.88. The summed E-state index contributed by atoms with van der Waals surface area (Å²) in [5, 5.41) is 5.42. The molecule has 0 aromatic heterocycles. The van der Waals surface area contributed by atoms with Crippen LogP contribution >= 0.6 is 0 Å². The van der Waals surface area contributed by atoms with E-state index in [-0.39, 0.29) is 19.0 Å². The average molecular weight is 223 g/mol. The lowest BCUT2D eigenvalue weighted by Gasteiger charge is -2.04. The van der Waals surface area contributed by atoms with Crippen LogP contribution in [0.3, 0.4) is 0 Å². The summed E-state index contributed by atoms with van der Waals surface area (Å²) in [6, 6.07) is 0. The molecule has 0 aliphatic heterocycles. The zero-order valence-corrected chi connectivity index (χ0v) is 9.28. The summed E-state index contributed by atoms with van der Waals surface area (Å²) in [6.07, 6.45) is 1.09. The Labute approximate surface area is 84.5 Å². The number of hydrogen-bond donors (Lipinski definition) is 3. The van der Waals surface area contributed by atoms with Gasteiger partial charge >= 0.3 is 0 Å². The Kier molecular flexibility index (Phi) is 6.43. The summed E-state index contributed by atoms with van der Waals surface area (Å²) in [7, 11) is -3.13. The third-order valence-corrected chi connectivity index (χ3v) is 2.05. The fourth-order valence-electron chi connectivity index (χ4n) is 0.786. The van der Waals surface area contributed by atoms with E-state index < -0.39 is 10.0 Å². The largest absolute Gasteiger partial charge is 0.355 e. The highest BCUT2D eigenvalue weighted by Gasteiger charge is 2.00. The highest BCUT2D eigenvalue weighted by Crippen LogP contribution is 1.71. The van der Waals surface area contributed by atoms with Crippen LogP contribution in [0.15, 0.2) is 0 Å². The molecule has 0 heterocycles. The lowest BCUT2D eigenvalue weighted by Crippen LogP contribution is -2.37. The zero-order valence-electron chi connectivity index (χ0n) is 8.46. The van der Waals surface area contributed by atoms with E-state index in [9.17, 15) is 13.2 Å². The molecular weight excluding hydrogens is 206 g/mol. The lowest BCUT2D eigenvalue weighted by atomic mass is 10.5. The minimum absolute atomic E-state index is 0.0909. The van der Waals surface area contributed by atoms with Gasteiger partial charge in [-0.25, -0.2) is 13.1 Å². The molecule has 0 unspecified atom stereocenters. The third-order valence-electron chi connectivity index (χ3n) is 1.33. The smallest absolute Gasteiger partial charge is 0.233 e. The minimum atomic E-state index is -3.13. The van der Waals surface area contributed by atoms with Crippen molar-refractivity contribution in [2.45, 2.75) is 6.92 Å². The van der Waals surface area contributed by atoms with Crippen molar-refractivity contribution in [3.8, 4) is 0 Å². The van der Waals surface area contributed by atoms with Crippen molar-refractivity contribution < 1.29 is 13.2 Å². The van der Waals surface area contributed by atoms with Gasteiger partial charge in [0.15, 0.2) is 0 Å². The SMILES string of the molecule is CCNC(=O)CNCCNS(C)(=O)=O. The average Bonchev–Trinajstić information content (AvgIpc) is 2.02. The zero-order chi connectivity index (χ0) is 11.0. The molecule has 0 aromatic carbocycles. The van der Waals surface area contributed by atoms with Gasteiger partial charge in [-0.15, -0.1) is 0 Å². The first-order valence-corrected chi connectivity index (χ1v) is 6.27. The van der Waals surface area contributed by atoms with E-state index in [4.69, 9.17) is 0 Å². The van der Waals surface area contributed by atoms with E-state index in [0.717, 1.165) is 6.26 Å². The van der Waals surface area contributed by atoms with Crippen molar-refractivity contribution in [2.24, 2.45) is 0 Å². The molecule has 0 aliphatic carbocycles. The number of likely N-dealkylation sites (N-methyl/N-ethyl adjacent to an activating group) is 1. The first kappa shape index (κ1) is 13.3. The molecule has 0 radical (unpaired) electrons. The van der Waals surface area contributed by atoms with E-state index in [0.29, 0.717) is 13.1 Å². The highest BCUT2D eigenvalue weighted by atomic mass is 32.2. The van der Waals surface area contributed by atoms with Gasteiger partial charge in [0.1, 0.15) is 0 Å². The number of carbonyl (C=O) groups excluding carboxylic acids is 1. The molecule has 0 aliphatic rings. The molecule has 0 spiro atoms. The summed E-state index contributed by atoms with van der Waals surface area (Å²) in [5.74, 6) is -0.0909. The van der Waals surface area contributed by atoms with Crippen molar-refractivity contribution in [1.29, 1.82) is 0 Å². The van der Waals surface area contributed by atoms with E-state index in [1.807, 2.05) is 6.92 Å². The maximum absolute atomic E-state index is 10.9. The molecule has 14 heavy (non-hydrogen) atoms. The molecule has 0 saturated carbocycles. The number of nitrogens with one attached hydrogen (secondary N) is 3. The quantitative estimate of drug-likeness (QED) is 0.447. The maximum atomic E-state index is 10.9. The number of hydrogen-bond acceptors (Lipinski definition) is 4. The van der Waals surface area contributed by atoms with Crippen LogP contribution in [0.5, 0.6) is 0 Å². The fraction of sp³-hybridized carbons (Fsp3) is 0.857. The first-order valence-electron chi connectivity index (χ1n) is 4.37. The summed E-state index contributed by atoms with van der Waals surface area (Å²) < 4.78 is 23.5. The van der Waals surface area contributed by atoms with Gasteiger partial charge in [-0.05, 0) is 6.92 Å². The van der Waals surface area contributed by atoms with Gasteiger partial charge in [-0.2, -0.15) is 0 Å². The predicted octanol–water partition coefficient (Wildman–Crippen LogP) is -1.74. The van der Waals surface area contributed by atoms with Gasteiger partial charge in [0, 0.05) is 19.6 Å². The van der Waals surface area contributed by atoms with Crippen molar-refractivity contribution in [3.63, 3.8) is 0 Å².